The molecular formula is C26H35N3O4. The van der Waals surface area contributed by atoms with Crippen LogP contribution in [-0.2, 0) is 11.3 Å². The van der Waals surface area contributed by atoms with Gasteiger partial charge in [0, 0.05) is 32.7 Å². The number of likely N-dealkylation sites (N-methyl/N-ethyl adjacent to an activating group) is 1. The summed E-state index contributed by atoms with van der Waals surface area (Å²) < 4.78 is 11.0. The molecule has 2 aromatic carbocycles. The second-order valence-electron chi connectivity index (χ2n) is 8.34. The first-order valence-corrected chi connectivity index (χ1v) is 11.6. The van der Waals surface area contributed by atoms with Crippen LogP contribution < -0.4 is 14.8 Å². The average molecular weight is 454 g/mol. The fraction of sp³-hybridized carbons (Fsp3) is 0.462. The highest BCUT2D eigenvalue weighted by atomic mass is 16.5. The number of amides is 2. The largest absolute Gasteiger partial charge is 0.497 e. The van der Waals surface area contributed by atoms with Gasteiger partial charge in [0.25, 0.3) is 0 Å². The molecule has 1 aliphatic heterocycles. The van der Waals surface area contributed by atoms with Crippen LogP contribution in [0.1, 0.15) is 31.7 Å². The second kappa shape index (κ2) is 12.3. The molecule has 7 nitrogen and oxygen atoms in total. The second-order valence-corrected chi connectivity index (χ2v) is 8.34. The van der Waals surface area contributed by atoms with Gasteiger partial charge in [0.05, 0.1) is 13.7 Å². The van der Waals surface area contributed by atoms with Gasteiger partial charge < -0.3 is 24.5 Å². The van der Waals surface area contributed by atoms with Crippen molar-refractivity contribution in [2.24, 2.45) is 0 Å². The highest BCUT2D eigenvalue weighted by molar-refractivity contribution is 5.80. The third-order valence-corrected chi connectivity index (χ3v) is 6.19. The minimum Gasteiger partial charge on any atom is -0.497 e. The molecule has 0 saturated carbocycles. The van der Waals surface area contributed by atoms with Crippen LogP contribution in [-0.4, -0.2) is 67.6 Å². The van der Waals surface area contributed by atoms with Gasteiger partial charge in [0.2, 0.25) is 0 Å². The highest BCUT2D eigenvalue weighted by Gasteiger charge is 2.41. The number of nitrogens with zero attached hydrogens (tertiary/aromatic N) is 2. The van der Waals surface area contributed by atoms with E-state index in [1.165, 1.54) is 5.56 Å². The summed E-state index contributed by atoms with van der Waals surface area (Å²) in [6.45, 7) is 5.74. The first-order valence-electron chi connectivity index (χ1n) is 11.6. The Hall–Kier alpha value is -3.06. The molecule has 0 atom stereocenters. The Morgan fingerprint density at radius 2 is 1.85 bits per heavy atom. The van der Waals surface area contributed by atoms with E-state index in [2.05, 4.69) is 16.3 Å². The molecule has 0 bridgehead atoms. The number of hydrogen-bond donors (Lipinski definition) is 1. The molecule has 3 rings (SSSR count). The molecule has 1 N–H and O–H groups in total. The van der Waals surface area contributed by atoms with Crippen LogP contribution in [0.15, 0.2) is 54.6 Å². The van der Waals surface area contributed by atoms with Crippen LogP contribution in [0.25, 0.3) is 0 Å². The van der Waals surface area contributed by atoms with E-state index in [9.17, 15) is 9.59 Å². The molecule has 2 amide bonds. The molecule has 0 spiro atoms. The third-order valence-electron chi connectivity index (χ3n) is 6.19. The number of rotatable bonds is 11. The molecule has 1 saturated heterocycles. The van der Waals surface area contributed by atoms with Gasteiger partial charge in [-0.15, -0.1) is 0 Å². The van der Waals surface area contributed by atoms with Gasteiger partial charge in [-0.2, -0.15) is 0 Å². The first-order chi connectivity index (χ1) is 16.1. The summed E-state index contributed by atoms with van der Waals surface area (Å²) in [5.41, 5.74) is 0.417. The number of methoxy groups -OCH3 is 1. The molecule has 2 aromatic rings. The van der Waals surface area contributed by atoms with Crippen LogP contribution in [0.3, 0.4) is 0 Å². The summed E-state index contributed by atoms with van der Waals surface area (Å²) in [5.74, 6) is 1.66. The number of likely N-dealkylation sites (tertiary alicyclic amines) is 1. The lowest BCUT2D eigenvalue weighted by molar-refractivity contribution is -0.120. The van der Waals surface area contributed by atoms with Crippen molar-refractivity contribution in [3.63, 3.8) is 0 Å². The summed E-state index contributed by atoms with van der Waals surface area (Å²) in [7, 11) is 1.67. The topological polar surface area (TPSA) is 71.1 Å². The first kappa shape index (κ1) is 24.6. The summed E-state index contributed by atoms with van der Waals surface area (Å²) in [6.07, 6.45) is 2.91. The number of para-hydroxylation sites is 1. The molecule has 0 aromatic heterocycles. The van der Waals surface area contributed by atoms with Gasteiger partial charge >= 0.3 is 6.03 Å². The fourth-order valence-corrected chi connectivity index (χ4v) is 4.31. The fourth-order valence-electron chi connectivity index (χ4n) is 4.31. The molecule has 7 heteroatoms. The number of nitrogens with one attached hydrogen (secondary N) is 1. The SMILES string of the molecule is CCN(C(=O)NCCCOc1ccccc1)C1(C=O)CCN(Cc2cccc(OC)c2)CC1. The van der Waals surface area contributed by atoms with Gasteiger partial charge in [-0.1, -0.05) is 30.3 Å². The zero-order valence-electron chi connectivity index (χ0n) is 19.7. The molecule has 178 valence electrons. The maximum atomic E-state index is 12.9. The molecule has 0 aliphatic carbocycles. The van der Waals surface area contributed by atoms with E-state index >= 15 is 0 Å². The molecule has 0 unspecified atom stereocenters. The summed E-state index contributed by atoms with van der Waals surface area (Å²) in [4.78, 5) is 29.1. The van der Waals surface area contributed by atoms with Crippen molar-refractivity contribution in [3.05, 3.63) is 60.2 Å². The number of carbonyl (C=O) groups is 2. The number of benzene rings is 2. The van der Waals surface area contributed by atoms with E-state index < -0.39 is 5.54 Å². The minimum absolute atomic E-state index is 0.189. The van der Waals surface area contributed by atoms with Crippen molar-refractivity contribution in [3.8, 4) is 11.5 Å². The Morgan fingerprint density at radius 1 is 1.12 bits per heavy atom. The lowest BCUT2D eigenvalue weighted by Crippen LogP contribution is -2.60. The van der Waals surface area contributed by atoms with E-state index in [1.807, 2.05) is 55.5 Å². The van der Waals surface area contributed by atoms with Crippen LogP contribution in [0.2, 0.25) is 0 Å². The number of hydrogen-bond acceptors (Lipinski definition) is 5. The Morgan fingerprint density at radius 3 is 2.52 bits per heavy atom. The Bertz CT molecular complexity index is 882. The zero-order chi connectivity index (χ0) is 23.5. The van der Waals surface area contributed by atoms with E-state index in [4.69, 9.17) is 9.47 Å². The summed E-state index contributed by atoms with van der Waals surface area (Å²) in [5, 5.41) is 2.96. The Balaban J connectivity index is 1.47. The van der Waals surface area contributed by atoms with Crippen LogP contribution in [0, 0.1) is 0 Å². The minimum atomic E-state index is -0.760. The van der Waals surface area contributed by atoms with E-state index in [0.29, 0.717) is 39.0 Å². The molecule has 0 radical (unpaired) electrons. The lowest BCUT2D eigenvalue weighted by Gasteiger charge is -2.45. The lowest BCUT2D eigenvalue weighted by atomic mass is 9.87. The van der Waals surface area contributed by atoms with Crippen LogP contribution in [0.5, 0.6) is 11.5 Å². The van der Waals surface area contributed by atoms with Gasteiger partial charge in [-0.05, 0) is 56.0 Å². The predicted octanol–water partition coefficient (Wildman–Crippen LogP) is 3.73. The molecule has 1 aliphatic rings. The number of ether oxygens (including phenoxy) is 2. The number of urea groups is 1. The molecule has 1 fully saturated rings. The predicted molar refractivity (Wildman–Crippen MR) is 129 cm³/mol. The molecular weight excluding hydrogens is 418 g/mol. The van der Waals surface area contributed by atoms with Gasteiger partial charge in [0.1, 0.15) is 23.3 Å². The van der Waals surface area contributed by atoms with Crippen molar-refractivity contribution < 1.29 is 19.1 Å². The van der Waals surface area contributed by atoms with Crippen LogP contribution >= 0.6 is 0 Å². The molecule has 1 heterocycles. The standard InChI is InChI=1S/C26H35N3O4/c1-3-29(25(31)27-15-8-18-33-23-10-5-4-6-11-23)26(21-30)13-16-28(17-14-26)20-22-9-7-12-24(19-22)32-2/h4-7,9-12,19,21H,3,8,13-18,20H2,1-2H3,(H,27,31). The quantitative estimate of drug-likeness (QED) is 0.415. The van der Waals surface area contributed by atoms with Crippen molar-refractivity contribution in [1.82, 2.24) is 15.1 Å². The van der Waals surface area contributed by atoms with Crippen molar-refractivity contribution in [2.45, 2.75) is 38.3 Å². The van der Waals surface area contributed by atoms with Crippen molar-refractivity contribution in [2.75, 3.05) is 39.9 Å². The number of carbonyl (C=O) groups excluding carboxylic acids is 2. The smallest absolute Gasteiger partial charge is 0.318 e. The normalized spacial score (nSPS) is 15.5. The monoisotopic (exact) mass is 453 g/mol. The number of aldehydes is 1. The Labute approximate surface area is 196 Å². The van der Waals surface area contributed by atoms with Gasteiger partial charge in [-0.3, -0.25) is 4.90 Å². The van der Waals surface area contributed by atoms with Crippen molar-refractivity contribution >= 4 is 12.3 Å². The zero-order valence-corrected chi connectivity index (χ0v) is 19.7. The summed E-state index contributed by atoms with van der Waals surface area (Å²) >= 11 is 0. The van der Waals surface area contributed by atoms with E-state index in [1.54, 1.807) is 12.0 Å². The van der Waals surface area contributed by atoms with E-state index in [-0.39, 0.29) is 6.03 Å². The average Bonchev–Trinajstić information content (AvgIpc) is 2.86. The van der Waals surface area contributed by atoms with Gasteiger partial charge in [-0.25, -0.2) is 4.79 Å². The van der Waals surface area contributed by atoms with Crippen molar-refractivity contribution in [1.29, 1.82) is 0 Å². The van der Waals surface area contributed by atoms with E-state index in [0.717, 1.165) is 37.4 Å². The Kier molecular flexibility index (Phi) is 9.13. The highest BCUT2D eigenvalue weighted by Crippen LogP contribution is 2.28. The van der Waals surface area contributed by atoms with Gasteiger partial charge in [0.15, 0.2) is 0 Å². The number of piperidine rings is 1. The summed E-state index contributed by atoms with van der Waals surface area (Å²) in [6, 6.07) is 17.5. The maximum absolute atomic E-state index is 12.9. The third kappa shape index (κ3) is 6.71. The maximum Gasteiger partial charge on any atom is 0.318 e. The molecule has 33 heavy (non-hydrogen) atoms. The van der Waals surface area contributed by atoms with Crippen LogP contribution in [0.4, 0.5) is 4.79 Å².